The van der Waals surface area contributed by atoms with Crippen LogP contribution >= 0.6 is 0 Å². The van der Waals surface area contributed by atoms with Crippen LogP contribution in [0.3, 0.4) is 0 Å². The highest BCUT2D eigenvalue weighted by atomic mass is 32.2. The molecule has 160 valence electrons. The van der Waals surface area contributed by atoms with Crippen LogP contribution in [0.4, 0.5) is 5.69 Å². The summed E-state index contributed by atoms with van der Waals surface area (Å²) in [4.78, 5) is 12.5. The number of anilines is 1. The number of rotatable bonds is 11. The summed E-state index contributed by atoms with van der Waals surface area (Å²) in [5.41, 5.74) is 0.782. The van der Waals surface area contributed by atoms with E-state index in [1.165, 1.54) is 37.5 Å². The Hall–Kier alpha value is -2.85. The van der Waals surface area contributed by atoms with Gasteiger partial charge in [0, 0.05) is 5.69 Å². The first kappa shape index (κ1) is 23.4. The van der Waals surface area contributed by atoms with Crippen molar-refractivity contribution < 1.29 is 18.3 Å². The standard InChI is InChI=1S/C23H28N2O4S/c1-2-3-4-5-6-7-8-15-30(28,29)20-13-14-22(26)21(16-20)23(27)25-19-11-9-18(17-24)10-12-19/h9-14,16,26H,2-8,15H2,1H3,(H,25,27). The Morgan fingerprint density at radius 3 is 2.27 bits per heavy atom. The molecule has 0 saturated heterocycles. The lowest BCUT2D eigenvalue weighted by atomic mass is 10.1. The molecular weight excluding hydrogens is 400 g/mol. The van der Waals surface area contributed by atoms with E-state index in [9.17, 15) is 18.3 Å². The van der Waals surface area contributed by atoms with Crippen molar-refractivity contribution >= 4 is 21.4 Å². The average molecular weight is 429 g/mol. The van der Waals surface area contributed by atoms with Gasteiger partial charge in [-0.2, -0.15) is 5.26 Å². The lowest BCUT2D eigenvalue weighted by Crippen LogP contribution is -2.14. The number of aromatic hydroxyl groups is 1. The van der Waals surface area contributed by atoms with Gasteiger partial charge in [-0.3, -0.25) is 4.79 Å². The number of benzene rings is 2. The third-order valence-corrected chi connectivity index (χ3v) is 6.66. The first-order valence-corrected chi connectivity index (χ1v) is 11.9. The molecule has 6 nitrogen and oxygen atoms in total. The van der Waals surface area contributed by atoms with E-state index in [4.69, 9.17) is 5.26 Å². The van der Waals surface area contributed by atoms with Crippen molar-refractivity contribution in [2.24, 2.45) is 0 Å². The number of nitrogens with one attached hydrogen (secondary N) is 1. The van der Waals surface area contributed by atoms with Crippen molar-refractivity contribution in [2.75, 3.05) is 11.1 Å². The van der Waals surface area contributed by atoms with E-state index in [2.05, 4.69) is 12.2 Å². The van der Waals surface area contributed by atoms with Gasteiger partial charge in [0.1, 0.15) is 5.75 Å². The van der Waals surface area contributed by atoms with Crippen LogP contribution in [0.15, 0.2) is 47.4 Å². The molecule has 0 atom stereocenters. The first-order chi connectivity index (χ1) is 14.4. The molecule has 30 heavy (non-hydrogen) atoms. The molecule has 0 unspecified atom stereocenters. The molecule has 0 aliphatic carbocycles. The predicted molar refractivity (Wildman–Crippen MR) is 117 cm³/mol. The van der Waals surface area contributed by atoms with E-state index >= 15 is 0 Å². The zero-order valence-electron chi connectivity index (χ0n) is 17.2. The van der Waals surface area contributed by atoms with Gasteiger partial charge in [-0.15, -0.1) is 0 Å². The maximum Gasteiger partial charge on any atom is 0.259 e. The van der Waals surface area contributed by atoms with Crippen molar-refractivity contribution in [3.05, 3.63) is 53.6 Å². The van der Waals surface area contributed by atoms with Crippen molar-refractivity contribution in [3.63, 3.8) is 0 Å². The Morgan fingerprint density at radius 1 is 1.00 bits per heavy atom. The molecule has 2 aromatic carbocycles. The number of phenols is 1. The van der Waals surface area contributed by atoms with Gasteiger partial charge < -0.3 is 10.4 Å². The molecule has 0 aromatic heterocycles. The molecule has 2 aromatic rings. The Morgan fingerprint density at radius 2 is 1.63 bits per heavy atom. The fraction of sp³-hybridized carbons (Fsp3) is 0.391. The van der Waals surface area contributed by atoms with Crippen LogP contribution in [0.2, 0.25) is 0 Å². The number of carbonyl (C=O) groups excluding carboxylic acids is 1. The van der Waals surface area contributed by atoms with E-state index < -0.39 is 15.7 Å². The van der Waals surface area contributed by atoms with Crippen LogP contribution in [0.1, 0.15) is 67.8 Å². The molecule has 2 N–H and O–H groups in total. The topological polar surface area (TPSA) is 107 Å². The molecule has 0 heterocycles. The van der Waals surface area contributed by atoms with Gasteiger partial charge >= 0.3 is 0 Å². The number of sulfone groups is 1. The number of phenolic OH excluding ortho intramolecular Hbond substituents is 1. The minimum atomic E-state index is -3.54. The van der Waals surface area contributed by atoms with Gasteiger partial charge in [0.25, 0.3) is 5.91 Å². The molecule has 0 aliphatic rings. The highest BCUT2D eigenvalue weighted by molar-refractivity contribution is 7.91. The zero-order chi connectivity index (χ0) is 22.0. The highest BCUT2D eigenvalue weighted by Crippen LogP contribution is 2.24. The number of nitrogens with zero attached hydrogens (tertiary/aromatic N) is 1. The molecular formula is C23H28N2O4S. The van der Waals surface area contributed by atoms with Crippen molar-refractivity contribution in [1.82, 2.24) is 0 Å². The van der Waals surface area contributed by atoms with Crippen LogP contribution in [-0.2, 0) is 9.84 Å². The molecule has 0 spiro atoms. The molecule has 7 heteroatoms. The third kappa shape index (κ3) is 6.89. The lowest BCUT2D eigenvalue weighted by molar-refractivity contribution is 0.102. The fourth-order valence-corrected chi connectivity index (χ4v) is 4.48. The largest absolute Gasteiger partial charge is 0.507 e. The second-order valence-electron chi connectivity index (χ2n) is 7.26. The van der Waals surface area contributed by atoms with Crippen molar-refractivity contribution in [2.45, 2.75) is 56.8 Å². The number of carbonyl (C=O) groups is 1. The number of hydrogen-bond donors (Lipinski definition) is 2. The fourth-order valence-electron chi connectivity index (χ4n) is 3.08. The second-order valence-corrected chi connectivity index (χ2v) is 9.37. The number of nitriles is 1. The molecule has 0 saturated carbocycles. The van der Waals surface area contributed by atoms with E-state index in [0.717, 1.165) is 19.3 Å². The van der Waals surface area contributed by atoms with Gasteiger partial charge in [-0.05, 0) is 48.9 Å². The summed E-state index contributed by atoms with van der Waals surface area (Å²) in [6.45, 7) is 2.16. The Kier molecular flexibility index (Phi) is 8.88. The van der Waals surface area contributed by atoms with Crippen molar-refractivity contribution in [1.29, 1.82) is 5.26 Å². The minimum Gasteiger partial charge on any atom is -0.507 e. The quantitative estimate of drug-likeness (QED) is 0.488. The second kappa shape index (κ2) is 11.4. The summed E-state index contributed by atoms with van der Waals surface area (Å²) < 4.78 is 25.3. The first-order valence-electron chi connectivity index (χ1n) is 10.2. The summed E-state index contributed by atoms with van der Waals surface area (Å²) >= 11 is 0. The smallest absolute Gasteiger partial charge is 0.259 e. The SMILES string of the molecule is CCCCCCCCCS(=O)(=O)c1ccc(O)c(C(=O)Nc2ccc(C#N)cc2)c1. The molecule has 0 fully saturated rings. The van der Waals surface area contributed by atoms with Gasteiger partial charge in [-0.1, -0.05) is 45.4 Å². The van der Waals surface area contributed by atoms with Crippen LogP contribution in [0, 0.1) is 11.3 Å². The van der Waals surface area contributed by atoms with Gasteiger partial charge in [0.05, 0.1) is 27.8 Å². The average Bonchev–Trinajstić information content (AvgIpc) is 2.73. The van der Waals surface area contributed by atoms with Crippen LogP contribution < -0.4 is 5.32 Å². The van der Waals surface area contributed by atoms with E-state index in [1.807, 2.05) is 6.07 Å². The highest BCUT2D eigenvalue weighted by Gasteiger charge is 2.19. The molecule has 1 amide bonds. The number of unbranched alkanes of at least 4 members (excludes halogenated alkanes) is 6. The van der Waals surface area contributed by atoms with Gasteiger partial charge in [0.15, 0.2) is 9.84 Å². The Labute approximate surface area is 178 Å². The predicted octanol–water partition coefficient (Wildman–Crippen LogP) is 5.04. The van der Waals surface area contributed by atoms with Gasteiger partial charge in [0.2, 0.25) is 0 Å². The van der Waals surface area contributed by atoms with Crippen LogP contribution in [-0.4, -0.2) is 25.2 Å². The van der Waals surface area contributed by atoms with E-state index in [-0.39, 0.29) is 22.0 Å². The molecule has 0 bridgehead atoms. The van der Waals surface area contributed by atoms with Crippen molar-refractivity contribution in [3.8, 4) is 11.8 Å². The van der Waals surface area contributed by atoms with Gasteiger partial charge in [-0.25, -0.2) is 8.42 Å². The Balaban J connectivity index is 2.02. The third-order valence-electron chi connectivity index (χ3n) is 4.86. The summed E-state index contributed by atoms with van der Waals surface area (Å²) in [6.07, 6.45) is 7.12. The number of amides is 1. The summed E-state index contributed by atoms with van der Waals surface area (Å²) in [5, 5.41) is 21.5. The van der Waals surface area contributed by atoms with E-state index in [1.54, 1.807) is 24.3 Å². The lowest BCUT2D eigenvalue weighted by Gasteiger charge is -2.10. The Bertz CT molecular complexity index is 993. The maximum absolute atomic E-state index is 12.6. The summed E-state index contributed by atoms with van der Waals surface area (Å²) in [7, 11) is -3.54. The van der Waals surface area contributed by atoms with Crippen LogP contribution in [0.5, 0.6) is 5.75 Å². The maximum atomic E-state index is 12.6. The zero-order valence-corrected chi connectivity index (χ0v) is 18.0. The molecule has 2 rings (SSSR count). The monoisotopic (exact) mass is 428 g/mol. The summed E-state index contributed by atoms with van der Waals surface area (Å²) in [5.74, 6) is -0.899. The molecule has 0 aliphatic heterocycles. The number of hydrogen-bond acceptors (Lipinski definition) is 5. The normalized spacial score (nSPS) is 11.1. The molecule has 0 radical (unpaired) electrons. The minimum absolute atomic E-state index is 0.0161. The van der Waals surface area contributed by atoms with Crippen LogP contribution in [0.25, 0.3) is 0 Å². The van der Waals surface area contributed by atoms with E-state index in [0.29, 0.717) is 17.7 Å². The summed E-state index contributed by atoms with van der Waals surface area (Å²) in [6, 6.07) is 12.0.